The van der Waals surface area contributed by atoms with Gasteiger partial charge in [0.2, 0.25) is 0 Å². The Morgan fingerprint density at radius 3 is 2.50 bits per heavy atom. The highest BCUT2D eigenvalue weighted by molar-refractivity contribution is 7.99. The van der Waals surface area contributed by atoms with Crippen molar-refractivity contribution in [3.63, 3.8) is 0 Å². The van der Waals surface area contributed by atoms with Crippen LogP contribution in [0.3, 0.4) is 0 Å². The Morgan fingerprint density at radius 2 is 1.92 bits per heavy atom. The van der Waals surface area contributed by atoms with Crippen LogP contribution in [0.15, 0.2) is 0 Å². The van der Waals surface area contributed by atoms with Gasteiger partial charge in [0, 0.05) is 6.61 Å². The molecule has 0 radical (unpaired) electrons. The van der Waals surface area contributed by atoms with E-state index < -0.39 is 0 Å². The smallest absolute Gasteiger partial charge is 0.0433 e. The number of hydrogen-bond donors (Lipinski definition) is 2. The Kier molecular flexibility index (Phi) is 2.94. The number of aliphatic hydroxyl groups excluding tert-OH is 1. The van der Waals surface area contributed by atoms with Crippen LogP contribution in [0.1, 0.15) is 6.42 Å². The van der Waals surface area contributed by atoms with Gasteiger partial charge >= 0.3 is 0 Å². The molecular formula is C9H17NOS. The SMILES string of the molecule is OCCC1C2CNCC1CSC2. The van der Waals surface area contributed by atoms with Crippen LogP contribution in [0, 0.1) is 17.8 Å². The molecule has 0 aromatic heterocycles. The van der Waals surface area contributed by atoms with Crippen molar-refractivity contribution in [2.75, 3.05) is 31.2 Å². The van der Waals surface area contributed by atoms with Crippen molar-refractivity contribution in [2.45, 2.75) is 6.42 Å². The van der Waals surface area contributed by atoms with E-state index in [-0.39, 0.29) is 0 Å². The van der Waals surface area contributed by atoms with Crippen LogP contribution < -0.4 is 5.32 Å². The fourth-order valence-corrected chi connectivity index (χ4v) is 3.97. The normalized spacial score (nSPS) is 41.2. The predicted molar refractivity (Wildman–Crippen MR) is 52.4 cm³/mol. The van der Waals surface area contributed by atoms with Gasteiger partial charge in [0.1, 0.15) is 0 Å². The van der Waals surface area contributed by atoms with Crippen molar-refractivity contribution in [1.82, 2.24) is 5.32 Å². The molecule has 2 N–H and O–H groups in total. The number of piperidine rings is 1. The Labute approximate surface area is 78.1 Å². The second-order valence-corrected chi connectivity index (χ2v) is 4.97. The fourth-order valence-electron chi connectivity index (χ4n) is 2.50. The molecule has 2 bridgehead atoms. The van der Waals surface area contributed by atoms with Crippen molar-refractivity contribution in [3.05, 3.63) is 0 Å². The molecule has 0 aliphatic carbocycles. The zero-order valence-electron chi connectivity index (χ0n) is 7.33. The van der Waals surface area contributed by atoms with E-state index in [1.165, 1.54) is 24.6 Å². The van der Waals surface area contributed by atoms with Gasteiger partial charge in [-0.2, -0.15) is 11.8 Å². The van der Waals surface area contributed by atoms with Crippen LogP contribution in [-0.2, 0) is 0 Å². The van der Waals surface area contributed by atoms with E-state index >= 15 is 0 Å². The molecule has 2 rings (SSSR count). The molecule has 2 saturated heterocycles. The van der Waals surface area contributed by atoms with E-state index in [1.54, 1.807) is 0 Å². The predicted octanol–water partition coefficient (Wildman–Crippen LogP) is 0.567. The minimum atomic E-state index is 0.377. The molecule has 2 fully saturated rings. The second kappa shape index (κ2) is 3.99. The topological polar surface area (TPSA) is 32.3 Å². The van der Waals surface area contributed by atoms with Crippen molar-refractivity contribution in [3.8, 4) is 0 Å². The van der Waals surface area contributed by atoms with E-state index in [4.69, 9.17) is 5.11 Å². The summed E-state index contributed by atoms with van der Waals surface area (Å²) >= 11 is 2.09. The van der Waals surface area contributed by atoms with Crippen LogP contribution in [0.5, 0.6) is 0 Å². The van der Waals surface area contributed by atoms with Crippen LogP contribution in [-0.4, -0.2) is 36.3 Å². The highest BCUT2D eigenvalue weighted by Crippen LogP contribution is 2.37. The molecule has 0 aromatic carbocycles. The zero-order chi connectivity index (χ0) is 8.39. The van der Waals surface area contributed by atoms with Gasteiger partial charge < -0.3 is 10.4 Å². The Hall–Kier alpha value is 0.270. The first-order valence-electron chi connectivity index (χ1n) is 4.81. The highest BCUT2D eigenvalue weighted by Gasteiger charge is 2.35. The van der Waals surface area contributed by atoms with Crippen molar-refractivity contribution in [2.24, 2.45) is 17.8 Å². The number of fused-ring (bicyclic) bond motifs is 2. The Morgan fingerprint density at radius 1 is 1.25 bits per heavy atom. The quantitative estimate of drug-likeness (QED) is 0.663. The van der Waals surface area contributed by atoms with Gasteiger partial charge in [0.05, 0.1) is 0 Å². The fraction of sp³-hybridized carbons (Fsp3) is 1.00. The van der Waals surface area contributed by atoms with E-state index in [1.807, 2.05) is 0 Å². The van der Waals surface area contributed by atoms with Crippen molar-refractivity contribution in [1.29, 1.82) is 0 Å². The number of hydrogen-bond acceptors (Lipinski definition) is 3. The van der Waals surface area contributed by atoms with E-state index in [2.05, 4.69) is 17.1 Å². The van der Waals surface area contributed by atoms with Gasteiger partial charge in [0.25, 0.3) is 0 Å². The number of aliphatic hydroxyl groups is 1. The molecule has 2 nitrogen and oxygen atoms in total. The van der Waals surface area contributed by atoms with Crippen molar-refractivity contribution >= 4 is 11.8 Å². The molecule has 2 aliphatic heterocycles. The van der Waals surface area contributed by atoms with E-state index in [0.29, 0.717) is 6.61 Å². The first kappa shape index (κ1) is 8.85. The zero-order valence-corrected chi connectivity index (χ0v) is 8.15. The molecule has 2 aliphatic rings. The Bertz CT molecular complexity index is 131. The maximum Gasteiger partial charge on any atom is 0.0433 e. The molecule has 2 unspecified atom stereocenters. The third-order valence-electron chi connectivity index (χ3n) is 3.15. The number of rotatable bonds is 2. The van der Waals surface area contributed by atoms with Crippen LogP contribution >= 0.6 is 11.8 Å². The van der Waals surface area contributed by atoms with Gasteiger partial charge in [-0.15, -0.1) is 0 Å². The molecule has 70 valence electrons. The summed E-state index contributed by atoms with van der Waals surface area (Å²) in [5.74, 6) is 5.06. The summed E-state index contributed by atoms with van der Waals surface area (Å²) in [6.45, 7) is 2.73. The maximum atomic E-state index is 8.95. The summed E-state index contributed by atoms with van der Waals surface area (Å²) in [5, 5.41) is 12.4. The molecule has 2 atom stereocenters. The lowest BCUT2D eigenvalue weighted by atomic mass is 9.78. The van der Waals surface area contributed by atoms with Crippen molar-refractivity contribution < 1.29 is 5.11 Å². The first-order chi connectivity index (χ1) is 5.92. The highest BCUT2D eigenvalue weighted by atomic mass is 32.2. The third-order valence-corrected chi connectivity index (χ3v) is 4.48. The van der Waals surface area contributed by atoms with E-state index in [0.717, 1.165) is 24.2 Å². The summed E-state index contributed by atoms with van der Waals surface area (Å²) in [6, 6.07) is 0. The average molecular weight is 187 g/mol. The number of nitrogens with one attached hydrogen (secondary N) is 1. The summed E-state index contributed by atoms with van der Waals surface area (Å²) in [5.41, 5.74) is 0. The molecule has 12 heavy (non-hydrogen) atoms. The average Bonchev–Trinajstić information content (AvgIpc) is 2.04. The number of thioether (sulfide) groups is 1. The lowest BCUT2D eigenvalue weighted by Crippen LogP contribution is -2.48. The van der Waals surface area contributed by atoms with Crippen LogP contribution in [0.2, 0.25) is 0 Å². The molecule has 3 heteroatoms. The third kappa shape index (κ3) is 1.63. The van der Waals surface area contributed by atoms with Gasteiger partial charge in [-0.1, -0.05) is 0 Å². The van der Waals surface area contributed by atoms with Crippen LogP contribution in [0.25, 0.3) is 0 Å². The lowest BCUT2D eigenvalue weighted by Gasteiger charge is -2.42. The second-order valence-electron chi connectivity index (χ2n) is 3.89. The first-order valence-corrected chi connectivity index (χ1v) is 5.96. The van der Waals surface area contributed by atoms with Gasteiger partial charge in [0.15, 0.2) is 0 Å². The molecule has 0 amide bonds. The molecule has 0 saturated carbocycles. The van der Waals surface area contributed by atoms with Crippen LogP contribution in [0.4, 0.5) is 0 Å². The summed E-state index contributed by atoms with van der Waals surface area (Å²) in [7, 11) is 0. The van der Waals surface area contributed by atoms with Gasteiger partial charge in [-0.25, -0.2) is 0 Å². The molecular weight excluding hydrogens is 170 g/mol. The minimum absolute atomic E-state index is 0.377. The minimum Gasteiger partial charge on any atom is -0.396 e. The summed E-state index contributed by atoms with van der Waals surface area (Å²) in [4.78, 5) is 0. The molecule has 2 heterocycles. The standard InChI is InChI=1S/C9H17NOS/c11-2-1-9-7-3-10-4-8(9)6-12-5-7/h7-11H,1-6H2. The molecule has 0 aromatic rings. The van der Waals surface area contributed by atoms with Gasteiger partial charge in [-0.3, -0.25) is 0 Å². The largest absolute Gasteiger partial charge is 0.396 e. The van der Waals surface area contributed by atoms with Gasteiger partial charge in [-0.05, 0) is 48.8 Å². The summed E-state index contributed by atoms with van der Waals surface area (Å²) in [6.07, 6.45) is 1.03. The lowest BCUT2D eigenvalue weighted by molar-refractivity contribution is 0.147. The summed E-state index contributed by atoms with van der Waals surface area (Å²) < 4.78 is 0. The Balaban J connectivity index is 1.98. The maximum absolute atomic E-state index is 8.95. The molecule has 0 spiro atoms. The van der Waals surface area contributed by atoms with E-state index in [9.17, 15) is 0 Å². The monoisotopic (exact) mass is 187 g/mol.